The van der Waals surface area contributed by atoms with Crippen molar-refractivity contribution in [2.75, 3.05) is 12.3 Å². The molecule has 3 rings (SSSR count). The van der Waals surface area contributed by atoms with Crippen LogP contribution in [0.1, 0.15) is 30.2 Å². The largest absolute Gasteiger partial charge is 0.384 e. The van der Waals surface area contributed by atoms with Gasteiger partial charge in [-0.05, 0) is 84.4 Å². The quantitative estimate of drug-likeness (QED) is 0.460. The van der Waals surface area contributed by atoms with Crippen molar-refractivity contribution in [3.8, 4) is 0 Å². The number of anilines is 1. The molecule has 9 heteroatoms. The average Bonchev–Trinajstić information content (AvgIpc) is 3.18. The lowest BCUT2D eigenvalue weighted by molar-refractivity contribution is -0.129. The number of nitrogens with one attached hydrogen (secondary N) is 3. The summed E-state index contributed by atoms with van der Waals surface area (Å²) in [6, 6.07) is 8.48. The first kappa shape index (κ1) is 23.5. The van der Waals surface area contributed by atoms with Gasteiger partial charge in [0.2, 0.25) is 11.8 Å². The van der Waals surface area contributed by atoms with Gasteiger partial charge in [-0.3, -0.25) is 9.59 Å². The SMILES string of the molecule is Cc1nc(N)ccc1CNC(=O)[C@H](C)NC(=O)C1CC(Cc2ccc(Cl)c(Br)c2)CN1. The van der Waals surface area contributed by atoms with E-state index in [2.05, 4.69) is 36.9 Å². The van der Waals surface area contributed by atoms with E-state index in [1.807, 2.05) is 31.2 Å². The molecule has 2 unspecified atom stereocenters. The molecule has 7 nitrogen and oxygen atoms in total. The lowest BCUT2D eigenvalue weighted by atomic mass is 9.96. The van der Waals surface area contributed by atoms with Crippen molar-refractivity contribution < 1.29 is 9.59 Å². The Labute approximate surface area is 195 Å². The van der Waals surface area contributed by atoms with Crippen LogP contribution >= 0.6 is 27.5 Å². The van der Waals surface area contributed by atoms with Crippen molar-refractivity contribution >= 4 is 45.2 Å². The zero-order valence-corrected chi connectivity index (χ0v) is 19.9. The molecule has 1 saturated heterocycles. The molecule has 166 valence electrons. The average molecular weight is 509 g/mol. The first-order chi connectivity index (χ1) is 14.7. The van der Waals surface area contributed by atoms with Crippen LogP contribution in [0.3, 0.4) is 0 Å². The van der Waals surface area contributed by atoms with Crippen LogP contribution in [0.2, 0.25) is 5.02 Å². The molecule has 1 aromatic carbocycles. The Bertz CT molecular complexity index is 971. The Morgan fingerprint density at radius 3 is 2.84 bits per heavy atom. The molecule has 31 heavy (non-hydrogen) atoms. The van der Waals surface area contributed by atoms with E-state index in [0.29, 0.717) is 23.3 Å². The third-order valence-electron chi connectivity index (χ3n) is 5.47. The second-order valence-electron chi connectivity index (χ2n) is 7.94. The van der Waals surface area contributed by atoms with Crippen LogP contribution in [0.15, 0.2) is 34.8 Å². The summed E-state index contributed by atoms with van der Waals surface area (Å²) in [5.41, 5.74) is 8.48. The van der Waals surface area contributed by atoms with Crippen LogP contribution in [0, 0.1) is 12.8 Å². The van der Waals surface area contributed by atoms with E-state index in [0.717, 1.165) is 35.1 Å². The number of amides is 2. The summed E-state index contributed by atoms with van der Waals surface area (Å²) in [5.74, 6) is 0.381. The van der Waals surface area contributed by atoms with Crippen LogP contribution in [-0.2, 0) is 22.6 Å². The molecule has 2 heterocycles. The van der Waals surface area contributed by atoms with Gasteiger partial charge in [0.15, 0.2) is 0 Å². The predicted octanol–water partition coefficient (Wildman–Crippen LogP) is 2.73. The van der Waals surface area contributed by atoms with Gasteiger partial charge >= 0.3 is 0 Å². The second kappa shape index (κ2) is 10.4. The first-order valence-corrected chi connectivity index (χ1v) is 11.4. The van der Waals surface area contributed by atoms with Gasteiger partial charge in [-0.15, -0.1) is 0 Å². The van der Waals surface area contributed by atoms with Crippen molar-refractivity contribution in [2.24, 2.45) is 5.92 Å². The molecule has 2 aromatic rings. The third-order valence-corrected chi connectivity index (χ3v) is 6.68. The molecule has 0 bridgehead atoms. The van der Waals surface area contributed by atoms with Crippen molar-refractivity contribution in [2.45, 2.75) is 45.3 Å². The van der Waals surface area contributed by atoms with Crippen LogP contribution in [0.5, 0.6) is 0 Å². The zero-order valence-electron chi connectivity index (χ0n) is 17.5. The summed E-state index contributed by atoms with van der Waals surface area (Å²) in [6.45, 7) is 4.61. The van der Waals surface area contributed by atoms with E-state index in [9.17, 15) is 9.59 Å². The van der Waals surface area contributed by atoms with Gasteiger partial charge in [0.1, 0.15) is 11.9 Å². The molecular formula is C22H27BrClN5O2. The number of benzene rings is 1. The zero-order chi connectivity index (χ0) is 22.5. The maximum atomic E-state index is 12.6. The second-order valence-corrected chi connectivity index (χ2v) is 9.21. The normalized spacial score (nSPS) is 19.1. The number of hydrogen-bond donors (Lipinski definition) is 4. The third kappa shape index (κ3) is 6.41. The van der Waals surface area contributed by atoms with E-state index in [1.165, 1.54) is 5.56 Å². The maximum absolute atomic E-state index is 12.6. The molecule has 2 amide bonds. The van der Waals surface area contributed by atoms with Crippen LogP contribution in [0.25, 0.3) is 0 Å². The van der Waals surface area contributed by atoms with Crippen LogP contribution in [0.4, 0.5) is 5.82 Å². The number of nitrogen functional groups attached to an aromatic ring is 1. The molecule has 5 N–H and O–H groups in total. The Morgan fingerprint density at radius 1 is 1.35 bits per heavy atom. The number of halogens is 2. The minimum absolute atomic E-state index is 0.159. The molecule has 1 aromatic heterocycles. The number of nitrogens with two attached hydrogens (primary N) is 1. The van der Waals surface area contributed by atoms with Gasteiger partial charge < -0.3 is 21.7 Å². The van der Waals surface area contributed by atoms with Gasteiger partial charge in [-0.2, -0.15) is 0 Å². The van der Waals surface area contributed by atoms with Gasteiger partial charge in [0.25, 0.3) is 0 Å². The van der Waals surface area contributed by atoms with Crippen molar-refractivity contribution in [3.05, 3.63) is 56.6 Å². The van der Waals surface area contributed by atoms with Gasteiger partial charge in [0, 0.05) is 16.7 Å². The highest BCUT2D eigenvalue weighted by atomic mass is 79.9. The molecule has 0 aliphatic carbocycles. The lowest BCUT2D eigenvalue weighted by Gasteiger charge is -2.17. The van der Waals surface area contributed by atoms with Gasteiger partial charge in [0.05, 0.1) is 11.1 Å². The monoisotopic (exact) mass is 507 g/mol. The predicted molar refractivity (Wildman–Crippen MR) is 126 cm³/mol. The Kier molecular flexibility index (Phi) is 7.91. The minimum atomic E-state index is -0.636. The Hall–Kier alpha value is -2.16. The number of rotatable bonds is 7. The Balaban J connectivity index is 1.45. The van der Waals surface area contributed by atoms with Gasteiger partial charge in [-0.25, -0.2) is 4.98 Å². The minimum Gasteiger partial charge on any atom is -0.384 e. The molecule has 0 radical (unpaired) electrons. The van der Waals surface area contributed by atoms with Crippen molar-refractivity contribution in [1.29, 1.82) is 0 Å². The topological polar surface area (TPSA) is 109 Å². The highest BCUT2D eigenvalue weighted by molar-refractivity contribution is 9.10. The number of nitrogens with zero attached hydrogens (tertiary/aromatic N) is 1. The van der Waals surface area contributed by atoms with E-state index < -0.39 is 6.04 Å². The maximum Gasteiger partial charge on any atom is 0.242 e. The van der Waals surface area contributed by atoms with E-state index >= 15 is 0 Å². The summed E-state index contributed by atoms with van der Waals surface area (Å²) in [7, 11) is 0. The van der Waals surface area contributed by atoms with Crippen LogP contribution in [-0.4, -0.2) is 35.4 Å². The fourth-order valence-electron chi connectivity index (χ4n) is 3.68. The van der Waals surface area contributed by atoms with E-state index in [1.54, 1.807) is 13.0 Å². The van der Waals surface area contributed by atoms with Crippen LogP contribution < -0.4 is 21.7 Å². The summed E-state index contributed by atoms with van der Waals surface area (Å²) >= 11 is 9.50. The number of aryl methyl sites for hydroxylation is 1. The standard InChI is InChI=1S/C22H27BrClN5O2/c1-12-16(4-6-20(25)28-12)11-27-21(30)13(2)29-22(31)19-9-15(10-26-19)7-14-3-5-18(24)17(23)8-14/h3-6,8,13,15,19,26H,7,9-11H2,1-2H3,(H2,25,28)(H,27,30)(H,29,31)/t13-,15?,19?/m0/s1. The van der Waals surface area contributed by atoms with Gasteiger partial charge in [-0.1, -0.05) is 23.7 Å². The first-order valence-electron chi connectivity index (χ1n) is 10.2. The number of hydrogen-bond acceptors (Lipinski definition) is 5. The number of pyridine rings is 1. The van der Waals surface area contributed by atoms with E-state index in [4.69, 9.17) is 17.3 Å². The summed E-state index contributed by atoms with van der Waals surface area (Å²) < 4.78 is 0.872. The highest BCUT2D eigenvalue weighted by Gasteiger charge is 2.31. The number of carbonyl (C=O) groups excluding carboxylic acids is 2. The number of carbonyl (C=O) groups is 2. The molecule has 0 saturated carbocycles. The van der Waals surface area contributed by atoms with E-state index in [-0.39, 0.29) is 17.9 Å². The van der Waals surface area contributed by atoms with Crippen molar-refractivity contribution in [3.63, 3.8) is 0 Å². The molecule has 1 fully saturated rings. The lowest BCUT2D eigenvalue weighted by Crippen LogP contribution is -2.50. The molecule has 0 spiro atoms. The molecule has 1 aliphatic rings. The highest BCUT2D eigenvalue weighted by Crippen LogP contribution is 2.26. The summed E-state index contributed by atoms with van der Waals surface area (Å²) in [4.78, 5) is 29.2. The molecule has 3 atom stereocenters. The number of aromatic nitrogens is 1. The Morgan fingerprint density at radius 2 is 2.13 bits per heavy atom. The molecule has 1 aliphatic heterocycles. The summed E-state index contributed by atoms with van der Waals surface area (Å²) in [5, 5.41) is 9.59. The fourth-order valence-corrected chi connectivity index (χ4v) is 4.22. The summed E-state index contributed by atoms with van der Waals surface area (Å²) in [6.07, 6.45) is 1.58. The fraction of sp³-hybridized carbons (Fsp3) is 0.409. The smallest absolute Gasteiger partial charge is 0.242 e. The molecular weight excluding hydrogens is 482 g/mol. The van der Waals surface area contributed by atoms with Crippen molar-refractivity contribution in [1.82, 2.24) is 20.9 Å².